The van der Waals surface area contributed by atoms with Gasteiger partial charge in [0.05, 0.1) is 28.1 Å². The zero-order valence-electron chi connectivity index (χ0n) is 38.4. The number of rotatable bonds is 6. The molecule has 335 valence electrons. The summed E-state index contributed by atoms with van der Waals surface area (Å²) < 4.78 is 31.9. The normalized spacial score (nSPS) is 11.6. The van der Waals surface area contributed by atoms with E-state index < -0.39 is 13.3 Å². The number of benzene rings is 7. The standard InChI is InChI=1S/C38H24FN2O.C21H21GeN2O.Ir/c1-24-10-5-6-13-28(24)27-18-20-29-30-14-9-15-31(37(30)42-36(29)23-27)38-40-33-16-7-8-17-35(33)41(38)34-21-19-26(22-32(34)39)25-11-3-2-4-12-25;1-13-11-19(23-12-18(13)22(3,4)5)17-8-6-7-15-16-10-9-14(2)24-21(16)25-20(15)17;/h2-14,16-23H,1H3;6-7,9-12H,1-5H3;/q2*-1;. The number of imidazole rings is 1. The minimum Gasteiger partial charge on any atom is -0.501 e. The number of hydrogen-bond donors (Lipinski definition) is 0. The molecule has 12 aromatic rings. The molecule has 0 unspecified atom stereocenters. The smallest absolute Gasteiger partial charge is 0.147 e. The molecule has 1 radical (unpaired) electrons. The van der Waals surface area contributed by atoms with Crippen LogP contribution in [0.2, 0.25) is 17.3 Å². The van der Waals surface area contributed by atoms with Crippen molar-refractivity contribution in [2.24, 2.45) is 0 Å². The quantitative estimate of drug-likeness (QED) is 0.123. The Morgan fingerprint density at radius 2 is 1.28 bits per heavy atom. The molecule has 0 amide bonds. The van der Waals surface area contributed by atoms with E-state index in [1.54, 1.807) is 6.07 Å². The average molecular weight is 1130 g/mol. The molecule has 0 aliphatic rings. The summed E-state index contributed by atoms with van der Waals surface area (Å²) in [5.41, 5.74) is 15.0. The van der Waals surface area contributed by atoms with E-state index in [0.717, 1.165) is 77.4 Å². The number of para-hydroxylation sites is 2. The third kappa shape index (κ3) is 8.06. The molecule has 7 aromatic carbocycles. The Labute approximate surface area is 410 Å². The number of nitrogens with zero attached hydrogens (tertiary/aromatic N) is 4. The van der Waals surface area contributed by atoms with Crippen molar-refractivity contribution in [3.05, 3.63) is 199 Å². The van der Waals surface area contributed by atoms with Crippen molar-refractivity contribution in [3.63, 3.8) is 0 Å². The van der Waals surface area contributed by atoms with Crippen LogP contribution in [0, 0.1) is 38.7 Å². The summed E-state index contributed by atoms with van der Waals surface area (Å²) in [5, 5.41) is 4.08. The molecule has 0 aliphatic heterocycles. The third-order valence-corrected chi connectivity index (χ3v) is 17.1. The van der Waals surface area contributed by atoms with Gasteiger partial charge in [0.15, 0.2) is 0 Å². The van der Waals surface area contributed by atoms with Crippen molar-refractivity contribution in [3.8, 4) is 50.6 Å². The summed E-state index contributed by atoms with van der Waals surface area (Å²) in [4.78, 5) is 14.3. The molecule has 0 fully saturated rings. The Bertz CT molecular complexity index is 3870. The van der Waals surface area contributed by atoms with Gasteiger partial charge in [0.25, 0.3) is 0 Å². The van der Waals surface area contributed by atoms with Crippen molar-refractivity contribution in [2.45, 2.75) is 38.0 Å². The summed E-state index contributed by atoms with van der Waals surface area (Å²) in [6.07, 6.45) is 2.06. The Balaban J connectivity index is 0.000000178. The van der Waals surface area contributed by atoms with Gasteiger partial charge >= 0.3 is 150 Å². The summed E-state index contributed by atoms with van der Waals surface area (Å²) in [5.74, 6) is 7.42. The molecule has 0 bridgehead atoms. The molecule has 0 atom stereocenters. The van der Waals surface area contributed by atoms with Crippen LogP contribution in [0.15, 0.2) is 173 Å². The molecule has 0 saturated carbocycles. The Morgan fingerprint density at radius 1 is 0.588 bits per heavy atom. The number of fused-ring (bicyclic) bond motifs is 7. The number of furan rings is 2. The molecule has 5 aromatic heterocycles. The SMILES string of the molecule is Cc1ccc2c(n1)oc1c(-c3cc(C)[c]([Ge]([CH3])([CH3])[CH3])cn3)[c-]ccc12.Cc1ccccc1-c1ccc2c(c1)oc1c(-c3nc4ccccc4n3-c3ccc(-c4ccccc4)cc3F)[c-]ccc12.[Ir]. The second kappa shape index (κ2) is 17.9. The van der Waals surface area contributed by atoms with Gasteiger partial charge in [-0.05, 0) is 65.1 Å². The maximum absolute atomic E-state index is 16.0. The van der Waals surface area contributed by atoms with Crippen LogP contribution in [0.5, 0.6) is 0 Å². The summed E-state index contributed by atoms with van der Waals surface area (Å²) in [6.45, 7) is 6.27. The Kier molecular flexibility index (Phi) is 11.8. The van der Waals surface area contributed by atoms with Crippen LogP contribution in [0.3, 0.4) is 0 Å². The molecule has 0 aliphatic carbocycles. The van der Waals surface area contributed by atoms with Gasteiger partial charge in [0, 0.05) is 25.5 Å². The molecular weight excluding hydrogens is 1080 g/mol. The fraction of sp³-hybridized carbons (Fsp3) is 0.102. The molecule has 0 saturated heterocycles. The van der Waals surface area contributed by atoms with Crippen LogP contribution < -0.4 is 4.40 Å². The number of pyridine rings is 2. The first-order chi connectivity index (χ1) is 32.5. The minimum absolute atomic E-state index is 0. The molecule has 68 heavy (non-hydrogen) atoms. The molecule has 0 spiro atoms. The van der Waals surface area contributed by atoms with Crippen molar-refractivity contribution in [1.29, 1.82) is 0 Å². The maximum Gasteiger partial charge on any atom is 0.147 e. The van der Waals surface area contributed by atoms with Crippen molar-refractivity contribution in [2.75, 3.05) is 0 Å². The fourth-order valence-electron chi connectivity index (χ4n) is 9.29. The van der Waals surface area contributed by atoms with Gasteiger partial charge in [-0.15, -0.1) is 18.2 Å². The van der Waals surface area contributed by atoms with Crippen molar-refractivity contribution < 1.29 is 33.3 Å². The van der Waals surface area contributed by atoms with Crippen molar-refractivity contribution >= 4 is 72.7 Å². The van der Waals surface area contributed by atoms with E-state index in [4.69, 9.17) is 18.8 Å². The van der Waals surface area contributed by atoms with E-state index in [1.807, 2.05) is 121 Å². The number of aromatic nitrogens is 4. The third-order valence-electron chi connectivity index (χ3n) is 12.6. The zero-order valence-corrected chi connectivity index (χ0v) is 42.9. The molecule has 6 nitrogen and oxygen atoms in total. The van der Waals surface area contributed by atoms with Crippen LogP contribution in [0.1, 0.15) is 16.8 Å². The van der Waals surface area contributed by atoms with Gasteiger partial charge in [0.1, 0.15) is 11.4 Å². The second-order valence-electron chi connectivity index (χ2n) is 18.2. The van der Waals surface area contributed by atoms with E-state index in [9.17, 15) is 0 Å². The van der Waals surface area contributed by atoms with Crippen LogP contribution in [0.4, 0.5) is 4.39 Å². The molecule has 0 N–H and O–H groups in total. The molecule has 5 heterocycles. The molecule has 9 heteroatoms. The van der Waals surface area contributed by atoms with Crippen LogP contribution in [0.25, 0.3) is 106 Å². The van der Waals surface area contributed by atoms with Gasteiger partial charge < -0.3 is 8.98 Å². The minimum atomic E-state index is -1.91. The predicted molar refractivity (Wildman–Crippen MR) is 274 cm³/mol. The van der Waals surface area contributed by atoms with Crippen LogP contribution >= 0.6 is 0 Å². The first-order valence-corrected chi connectivity index (χ1v) is 29.8. The largest absolute Gasteiger partial charge is 0.501 e. The number of hydrogen-bond acceptors (Lipinski definition) is 5. The average Bonchev–Trinajstić information content (AvgIpc) is 4.02. The van der Waals surface area contributed by atoms with Gasteiger partial charge in [-0.2, -0.15) is 0 Å². The van der Waals surface area contributed by atoms with Crippen molar-refractivity contribution in [1.82, 2.24) is 19.5 Å². The van der Waals surface area contributed by atoms with Crippen LogP contribution in [-0.4, -0.2) is 32.8 Å². The topological polar surface area (TPSA) is 69.9 Å². The van der Waals surface area contributed by atoms with E-state index in [2.05, 4.69) is 96.9 Å². The van der Waals surface area contributed by atoms with E-state index >= 15 is 4.39 Å². The van der Waals surface area contributed by atoms with E-state index in [0.29, 0.717) is 28.4 Å². The summed E-state index contributed by atoms with van der Waals surface area (Å²) in [7, 11) is 0. The Hall–Kier alpha value is -6.97. The Morgan fingerprint density at radius 3 is 2.04 bits per heavy atom. The van der Waals surface area contributed by atoms with Gasteiger partial charge in [-0.3, -0.25) is 4.98 Å². The van der Waals surface area contributed by atoms with Gasteiger partial charge in [-0.1, -0.05) is 95.9 Å². The fourth-order valence-corrected chi connectivity index (χ4v) is 12.9. The van der Waals surface area contributed by atoms with Crippen LogP contribution in [-0.2, 0) is 20.1 Å². The van der Waals surface area contributed by atoms with Gasteiger partial charge in [0.2, 0.25) is 0 Å². The van der Waals surface area contributed by atoms with E-state index in [-0.39, 0.29) is 25.9 Å². The number of aryl methyl sites for hydroxylation is 3. The predicted octanol–water partition coefficient (Wildman–Crippen LogP) is 15.2. The zero-order chi connectivity index (χ0) is 46.0. The summed E-state index contributed by atoms with van der Waals surface area (Å²) in [6, 6.07) is 58.5. The first-order valence-electron chi connectivity index (χ1n) is 22.4. The molecular formula is C59H45FGeIrN4O2-2. The maximum atomic E-state index is 16.0. The van der Waals surface area contributed by atoms with E-state index in [1.165, 1.54) is 21.1 Å². The second-order valence-corrected chi connectivity index (χ2v) is 28.7. The number of halogens is 1. The van der Waals surface area contributed by atoms with Gasteiger partial charge in [-0.25, -0.2) is 4.39 Å². The first kappa shape index (κ1) is 44.8. The monoisotopic (exact) mass is 1130 g/mol. The summed E-state index contributed by atoms with van der Waals surface area (Å²) >= 11 is -1.91. The molecule has 12 rings (SSSR count).